The van der Waals surface area contributed by atoms with Crippen LogP contribution in [0.1, 0.15) is 16.8 Å². The summed E-state index contributed by atoms with van der Waals surface area (Å²) in [7, 11) is 0. The Balaban J connectivity index is 1.63. The van der Waals surface area contributed by atoms with Crippen molar-refractivity contribution in [2.75, 3.05) is 6.54 Å². The molecule has 2 aromatic rings. The summed E-state index contributed by atoms with van der Waals surface area (Å²) in [5.74, 6) is -1.35. The van der Waals surface area contributed by atoms with Crippen molar-refractivity contribution in [3.8, 4) is 11.1 Å². The van der Waals surface area contributed by atoms with Crippen LogP contribution in [0.2, 0.25) is 0 Å². The molecule has 1 fully saturated rings. The van der Waals surface area contributed by atoms with Crippen LogP contribution in [-0.4, -0.2) is 35.7 Å². The molecule has 1 aliphatic heterocycles. The fourth-order valence-corrected chi connectivity index (χ4v) is 2.63. The highest BCUT2D eigenvalue weighted by molar-refractivity contribution is 5.90. The molecule has 1 aliphatic rings. The Morgan fingerprint density at radius 2 is 1.65 bits per heavy atom. The predicted molar refractivity (Wildman–Crippen MR) is 85.1 cm³/mol. The number of carbonyl (C=O) groups excluding carboxylic acids is 1. The average Bonchev–Trinajstić information content (AvgIpc) is 3.04. The van der Waals surface area contributed by atoms with Crippen LogP contribution in [0, 0.1) is 0 Å². The number of ether oxygens (including phenoxy) is 1. The number of carbonyl (C=O) groups is 2. The summed E-state index contributed by atoms with van der Waals surface area (Å²) in [6.07, 6.45) is -0.110. The van der Waals surface area contributed by atoms with E-state index >= 15 is 0 Å². The van der Waals surface area contributed by atoms with Crippen LogP contribution < -0.4 is 5.32 Å². The molecule has 23 heavy (non-hydrogen) atoms. The Morgan fingerprint density at radius 1 is 1.00 bits per heavy atom. The first-order chi connectivity index (χ1) is 11.1. The van der Waals surface area contributed by atoms with Crippen LogP contribution in [0.3, 0.4) is 0 Å². The molecule has 0 amide bonds. The smallest absolute Gasteiger partial charge is 0.338 e. The highest BCUT2D eigenvalue weighted by Crippen LogP contribution is 2.20. The van der Waals surface area contributed by atoms with Crippen molar-refractivity contribution in [3.05, 3.63) is 60.2 Å². The highest BCUT2D eigenvalue weighted by atomic mass is 16.5. The molecular weight excluding hydrogens is 294 g/mol. The number of rotatable bonds is 4. The maximum atomic E-state index is 12.1. The number of carboxylic acid groups (broad SMARTS) is 1. The van der Waals surface area contributed by atoms with Gasteiger partial charge in [-0.1, -0.05) is 42.5 Å². The molecule has 0 aliphatic carbocycles. The molecule has 0 radical (unpaired) electrons. The zero-order chi connectivity index (χ0) is 16.2. The summed E-state index contributed by atoms with van der Waals surface area (Å²) in [4.78, 5) is 23.0. The van der Waals surface area contributed by atoms with Crippen LogP contribution in [0.25, 0.3) is 11.1 Å². The van der Waals surface area contributed by atoms with Gasteiger partial charge in [-0.05, 0) is 23.3 Å². The number of nitrogens with one attached hydrogen (secondary N) is 1. The maximum absolute atomic E-state index is 12.1. The standard InChI is InChI=1S/C18H17NO4/c20-17(21)16-10-15(11-19-16)23-18(22)14-8-6-13(7-9-14)12-4-2-1-3-5-12/h1-9,15-16,19H,10-11H2,(H,20,21)/t15-,16-/m1/s1. The molecule has 0 aromatic heterocycles. The number of hydrogen-bond donors (Lipinski definition) is 2. The molecule has 0 saturated carbocycles. The third kappa shape index (κ3) is 3.57. The van der Waals surface area contributed by atoms with Gasteiger partial charge in [-0.25, -0.2) is 4.79 Å². The normalized spacial score (nSPS) is 20.2. The van der Waals surface area contributed by atoms with Crippen LogP contribution in [0.4, 0.5) is 0 Å². The summed E-state index contributed by atoms with van der Waals surface area (Å²) in [6, 6.07) is 16.4. The van der Waals surface area contributed by atoms with E-state index in [4.69, 9.17) is 9.84 Å². The second-order valence-electron chi connectivity index (χ2n) is 5.51. The van der Waals surface area contributed by atoms with Gasteiger partial charge in [0.1, 0.15) is 12.1 Å². The number of esters is 1. The van der Waals surface area contributed by atoms with Gasteiger partial charge in [-0.2, -0.15) is 0 Å². The lowest BCUT2D eigenvalue weighted by Gasteiger charge is -2.11. The van der Waals surface area contributed by atoms with Gasteiger partial charge >= 0.3 is 11.9 Å². The van der Waals surface area contributed by atoms with E-state index < -0.39 is 24.1 Å². The monoisotopic (exact) mass is 311 g/mol. The van der Waals surface area contributed by atoms with Gasteiger partial charge in [-0.3, -0.25) is 4.79 Å². The predicted octanol–water partition coefficient (Wildman–Crippen LogP) is 2.33. The second-order valence-corrected chi connectivity index (χ2v) is 5.51. The van der Waals surface area contributed by atoms with Crippen molar-refractivity contribution >= 4 is 11.9 Å². The lowest BCUT2D eigenvalue weighted by Crippen LogP contribution is -2.30. The van der Waals surface area contributed by atoms with Crippen LogP contribution in [0.5, 0.6) is 0 Å². The van der Waals surface area contributed by atoms with Crippen molar-refractivity contribution in [1.82, 2.24) is 5.32 Å². The summed E-state index contributed by atoms with van der Waals surface area (Å²) < 4.78 is 5.36. The van der Waals surface area contributed by atoms with Crippen LogP contribution in [0.15, 0.2) is 54.6 Å². The van der Waals surface area contributed by atoms with E-state index in [1.54, 1.807) is 12.1 Å². The first-order valence-electron chi connectivity index (χ1n) is 7.46. The number of benzene rings is 2. The van der Waals surface area contributed by atoms with Crippen molar-refractivity contribution in [1.29, 1.82) is 0 Å². The molecule has 5 nitrogen and oxygen atoms in total. The lowest BCUT2D eigenvalue weighted by atomic mass is 10.0. The zero-order valence-electron chi connectivity index (χ0n) is 12.4. The van der Waals surface area contributed by atoms with E-state index in [0.717, 1.165) is 11.1 Å². The van der Waals surface area contributed by atoms with Gasteiger partial charge in [0.05, 0.1) is 5.56 Å². The van der Waals surface area contributed by atoms with Crippen molar-refractivity contribution < 1.29 is 19.4 Å². The van der Waals surface area contributed by atoms with E-state index in [1.807, 2.05) is 42.5 Å². The Kier molecular flexibility index (Phi) is 4.39. The SMILES string of the molecule is O=C(O[C@H]1CN[C@@H](C(=O)O)C1)c1ccc(-c2ccccc2)cc1. The minimum atomic E-state index is -0.921. The van der Waals surface area contributed by atoms with Gasteiger partial charge in [0.15, 0.2) is 0 Å². The Hall–Kier alpha value is -2.66. The van der Waals surface area contributed by atoms with E-state index in [-0.39, 0.29) is 0 Å². The summed E-state index contributed by atoms with van der Waals surface area (Å²) in [6.45, 7) is 0.366. The zero-order valence-corrected chi connectivity index (χ0v) is 12.4. The molecule has 2 aromatic carbocycles. The highest BCUT2D eigenvalue weighted by Gasteiger charge is 2.31. The summed E-state index contributed by atoms with van der Waals surface area (Å²) in [5, 5.41) is 11.7. The minimum Gasteiger partial charge on any atom is -0.480 e. The first kappa shape index (κ1) is 15.2. The fraction of sp³-hybridized carbons (Fsp3) is 0.222. The molecule has 5 heteroatoms. The quantitative estimate of drug-likeness (QED) is 0.848. The minimum absolute atomic E-state index is 0.295. The Morgan fingerprint density at radius 3 is 2.26 bits per heavy atom. The fourth-order valence-electron chi connectivity index (χ4n) is 2.63. The van der Waals surface area contributed by atoms with E-state index in [9.17, 15) is 9.59 Å². The second kappa shape index (κ2) is 6.62. The van der Waals surface area contributed by atoms with Gasteiger partial charge in [0.25, 0.3) is 0 Å². The topological polar surface area (TPSA) is 75.6 Å². The lowest BCUT2D eigenvalue weighted by molar-refractivity contribution is -0.139. The third-order valence-electron chi connectivity index (χ3n) is 3.89. The molecule has 2 N–H and O–H groups in total. The van der Waals surface area contributed by atoms with Gasteiger partial charge < -0.3 is 15.2 Å². The maximum Gasteiger partial charge on any atom is 0.338 e. The van der Waals surface area contributed by atoms with Crippen LogP contribution >= 0.6 is 0 Å². The van der Waals surface area contributed by atoms with Crippen LogP contribution in [-0.2, 0) is 9.53 Å². The first-order valence-corrected chi connectivity index (χ1v) is 7.46. The van der Waals surface area contributed by atoms with E-state index in [0.29, 0.717) is 18.5 Å². The van der Waals surface area contributed by atoms with Gasteiger partial charge in [-0.15, -0.1) is 0 Å². The molecule has 0 spiro atoms. The molecule has 0 bridgehead atoms. The Bertz CT molecular complexity index is 697. The molecule has 2 atom stereocenters. The van der Waals surface area contributed by atoms with Crippen molar-refractivity contribution in [2.45, 2.75) is 18.6 Å². The molecule has 118 valence electrons. The third-order valence-corrected chi connectivity index (χ3v) is 3.89. The van der Waals surface area contributed by atoms with E-state index in [2.05, 4.69) is 5.32 Å². The van der Waals surface area contributed by atoms with Crippen molar-refractivity contribution in [2.24, 2.45) is 0 Å². The van der Waals surface area contributed by atoms with E-state index in [1.165, 1.54) is 0 Å². The number of hydrogen-bond acceptors (Lipinski definition) is 4. The molecular formula is C18H17NO4. The number of aliphatic carboxylic acids is 1. The molecule has 1 heterocycles. The molecule has 3 rings (SSSR count). The Labute approximate surface area is 133 Å². The largest absolute Gasteiger partial charge is 0.480 e. The van der Waals surface area contributed by atoms with Gasteiger partial charge in [0.2, 0.25) is 0 Å². The summed E-state index contributed by atoms with van der Waals surface area (Å²) >= 11 is 0. The summed E-state index contributed by atoms with van der Waals surface area (Å²) in [5.41, 5.74) is 2.57. The molecule has 0 unspecified atom stereocenters. The van der Waals surface area contributed by atoms with Crippen molar-refractivity contribution in [3.63, 3.8) is 0 Å². The van der Waals surface area contributed by atoms with Gasteiger partial charge in [0, 0.05) is 13.0 Å². The molecule has 1 saturated heterocycles. The average molecular weight is 311 g/mol. The number of carboxylic acids is 1.